The summed E-state index contributed by atoms with van der Waals surface area (Å²) in [6.45, 7) is 1.84. The summed E-state index contributed by atoms with van der Waals surface area (Å²) in [7, 11) is 0. The van der Waals surface area contributed by atoms with E-state index in [0.29, 0.717) is 5.56 Å². The summed E-state index contributed by atoms with van der Waals surface area (Å²) in [6, 6.07) is 18.3. The van der Waals surface area contributed by atoms with Gasteiger partial charge < -0.3 is 5.32 Å². The second-order valence-electron chi connectivity index (χ2n) is 5.15. The molecule has 0 saturated carbocycles. The summed E-state index contributed by atoms with van der Waals surface area (Å²) < 4.78 is 0. The van der Waals surface area contributed by atoms with Crippen molar-refractivity contribution in [1.82, 2.24) is 10.7 Å². The average Bonchev–Trinajstić information content (AvgIpc) is 2.62. The highest BCUT2D eigenvalue weighted by atomic mass is 16.2. The molecule has 2 amide bonds. The standard InChI is InChI=1S/C19H19N3O2/c1-14(12-15-8-4-2-5-9-15)13-17(19(24)22-20)21-18(23)16-10-6-3-7-11-16/h2-13H,20H2,1H3,(H,21,23)(H,22,24)/b14-12-,17-13+. The molecule has 2 aromatic rings. The van der Waals surface area contributed by atoms with Gasteiger partial charge in [-0.3, -0.25) is 15.0 Å². The van der Waals surface area contributed by atoms with E-state index in [-0.39, 0.29) is 11.6 Å². The van der Waals surface area contributed by atoms with E-state index >= 15 is 0 Å². The fourth-order valence-electron chi connectivity index (χ4n) is 2.10. The lowest BCUT2D eigenvalue weighted by Crippen LogP contribution is -2.38. The summed E-state index contributed by atoms with van der Waals surface area (Å²) in [5, 5.41) is 2.59. The Morgan fingerprint density at radius 1 is 0.958 bits per heavy atom. The van der Waals surface area contributed by atoms with E-state index in [4.69, 9.17) is 5.84 Å². The van der Waals surface area contributed by atoms with Crippen LogP contribution in [0, 0.1) is 0 Å². The Bertz CT molecular complexity index is 766. The number of hydrazine groups is 1. The molecule has 0 aromatic heterocycles. The van der Waals surface area contributed by atoms with Crippen LogP contribution in [0.4, 0.5) is 0 Å². The van der Waals surface area contributed by atoms with Crippen molar-refractivity contribution in [2.75, 3.05) is 0 Å². The van der Waals surface area contributed by atoms with Gasteiger partial charge in [-0.1, -0.05) is 54.6 Å². The largest absolute Gasteiger partial charge is 0.317 e. The molecule has 0 aliphatic heterocycles. The van der Waals surface area contributed by atoms with Crippen molar-refractivity contribution in [3.63, 3.8) is 0 Å². The van der Waals surface area contributed by atoms with Gasteiger partial charge >= 0.3 is 0 Å². The number of nitrogens with one attached hydrogen (secondary N) is 2. The number of amides is 2. The number of rotatable bonds is 5. The molecule has 0 aliphatic carbocycles. The van der Waals surface area contributed by atoms with Crippen LogP contribution in [0.1, 0.15) is 22.8 Å². The highest BCUT2D eigenvalue weighted by Gasteiger charge is 2.13. The smallest absolute Gasteiger partial charge is 0.281 e. The van der Waals surface area contributed by atoms with Crippen molar-refractivity contribution in [2.45, 2.75) is 6.92 Å². The zero-order valence-corrected chi connectivity index (χ0v) is 13.3. The third-order valence-corrected chi connectivity index (χ3v) is 3.23. The van der Waals surface area contributed by atoms with Crippen LogP contribution < -0.4 is 16.6 Å². The summed E-state index contributed by atoms with van der Waals surface area (Å²) in [5.41, 5.74) is 4.37. The number of allylic oxidation sites excluding steroid dienone is 2. The first kappa shape index (κ1) is 17.2. The van der Waals surface area contributed by atoms with Crippen molar-refractivity contribution in [2.24, 2.45) is 5.84 Å². The van der Waals surface area contributed by atoms with Gasteiger partial charge in [0.1, 0.15) is 5.70 Å². The predicted molar refractivity (Wildman–Crippen MR) is 94.4 cm³/mol. The molecule has 2 aromatic carbocycles. The number of hydrogen-bond acceptors (Lipinski definition) is 3. The van der Waals surface area contributed by atoms with E-state index in [1.165, 1.54) is 0 Å². The van der Waals surface area contributed by atoms with Crippen molar-refractivity contribution in [3.05, 3.63) is 89.1 Å². The minimum Gasteiger partial charge on any atom is -0.317 e. The van der Waals surface area contributed by atoms with Crippen LogP contribution in [0.5, 0.6) is 0 Å². The van der Waals surface area contributed by atoms with Crippen molar-refractivity contribution in [1.29, 1.82) is 0 Å². The zero-order chi connectivity index (χ0) is 17.4. The van der Waals surface area contributed by atoms with Gasteiger partial charge in [0.15, 0.2) is 0 Å². The minimum absolute atomic E-state index is 0.0797. The van der Waals surface area contributed by atoms with E-state index < -0.39 is 5.91 Å². The quantitative estimate of drug-likeness (QED) is 0.260. The molecule has 0 bridgehead atoms. The summed E-state index contributed by atoms with van der Waals surface area (Å²) >= 11 is 0. The molecule has 0 heterocycles. The summed E-state index contributed by atoms with van der Waals surface area (Å²) in [4.78, 5) is 24.1. The lowest BCUT2D eigenvalue weighted by atomic mass is 10.1. The minimum atomic E-state index is -0.569. The van der Waals surface area contributed by atoms with E-state index in [0.717, 1.165) is 11.1 Å². The highest BCUT2D eigenvalue weighted by molar-refractivity contribution is 6.02. The van der Waals surface area contributed by atoms with E-state index in [2.05, 4.69) is 5.32 Å². The molecule has 0 unspecified atom stereocenters. The third-order valence-electron chi connectivity index (χ3n) is 3.23. The Balaban J connectivity index is 2.23. The second kappa shape index (κ2) is 8.45. The molecular weight excluding hydrogens is 302 g/mol. The lowest BCUT2D eigenvalue weighted by Gasteiger charge is -2.09. The Hall–Kier alpha value is -3.18. The normalized spacial score (nSPS) is 11.8. The molecule has 4 N–H and O–H groups in total. The SMILES string of the molecule is CC(=C/c1ccccc1)/C=C(/NC(=O)c1ccccc1)C(=O)NN. The maximum atomic E-state index is 12.2. The Labute approximate surface area is 140 Å². The molecule has 5 nitrogen and oxygen atoms in total. The topological polar surface area (TPSA) is 84.2 Å². The number of carbonyl (C=O) groups is 2. The molecule has 2 rings (SSSR count). The fourth-order valence-corrected chi connectivity index (χ4v) is 2.10. The maximum absolute atomic E-state index is 12.2. The number of carbonyl (C=O) groups excluding carboxylic acids is 2. The molecular formula is C19H19N3O2. The maximum Gasteiger partial charge on any atom is 0.281 e. The molecule has 0 spiro atoms. The average molecular weight is 321 g/mol. The summed E-state index contributed by atoms with van der Waals surface area (Å²) in [5.74, 6) is 4.26. The zero-order valence-electron chi connectivity index (χ0n) is 13.3. The lowest BCUT2D eigenvalue weighted by molar-refractivity contribution is -0.117. The Morgan fingerprint density at radius 3 is 2.12 bits per heavy atom. The van der Waals surface area contributed by atoms with Crippen LogP contribution in [-0.4, -0.2) is 11.8 Å². The van der Waals surface area contributed by atoms with Gasteiger partial charge in [0.2, 0.25) is 0 Å². The highest BCUT2D eigenvalue weighted by Crippen LogP contribution is 2.09. The van der Waals surface area contributed by atoms with Crippen LogP contribution in [-0.2, 0) is 4.79 Å². The first-order chi connectivity index (χ1) is 11.6. The molecule has 0 fully saturated rings. The number of hydrogen-bond donors (Lipinski definition) is 3. The molecule has 5 heteroatoms. The third kappa shape index (κ3) is 4.93. The van der Waals surface area contributed by atoms with Gasteiger partial charge in [-0.05, 0) is 36.3 Å². The van der Waals surface area contributed by atoms with Crippen LogP contribution in [0.15, 0.2) is 78.0 Å². The first-order valence-corrected chi connectivity index (χ1v) is 7.42. The molecule has 0 atom stereocenters. The van der Waals surface area contributed by atoms with Gasteiger partial charge in [0.25, 0.3) is 11.8 Å². The van der Waals surface area contributed by atoms with Crippen LogP contribution in [0.25, 0.3) is 6.08 Å². The van der Waals surface area contributed by atoms with Gasteiger partial charge in [-0.15, -0.1) is 0 Å². The summed E-state index contributed by atoms with van der Waals surface area (Å²) in [6.07, 6.45) is 3.48. The second-order valence-corrected chi connectivity index (χ2v) is 5.15. The van der Waals surface area contributed by atoms with E-state index in [9.17, 15) is 9.59 Å². The van der Waals surface area contributed by atoms with Crippen LogP contribution >= 0.6 is 0 Å². The fraction of sp³-hybridized carbons (Fsp3) is 0.0526. The number of nitrogens with two attached hydrogens (primary N) is 1. The van der Waals surface area contributed by atoms with Gasteiger partial charge in [0, 0.05) is 5.56 Å². The van der Waals surface area contributed by atoms with E-state index in [1.54, 1.807) is 30.3 Å². The molecule has 0 aliphatic rings. The van der Waals surface area contributed by atoms with Gasteiger partial charge in [0.05, 0.1) is 0 Å². The number of benzene rings is 2. The molecule has 0 saturated heterocycles. The predicted octanol–water partition coefficient (Wildman–Crippen LogP) is 2.39. The Morgan fingerprint density at radius 2 is 1.54 bits per heavy atom. The Kier molecular flexibility index (Phi) is 6.05. The van der Waals surface area contributed by atoms with Gasteiger partial charge in [-0.2, -0.15) is 0 Å². The van der Waals surface area contributed by atoms with Crippen molar-refractivity contribution in [3.8, 4) is 0 Å². The van der Waals surface area contributed by atoms with Crippen LogP contribution in [0.2, 0.25) is 0 Å². The van der Waals surface area contributed by atoms with Crippen molar-refractivity contribution < 1.29 is 9.59 Å². The first-order valence-electron chi connectivity index (χ1n) is 7.42. The van der Waals surface area contributed by atoms with Crippen LogP contribution in [0.3, 0.4) is 0 Å². The monoisotopic (exact) mass is 321 g/mol. The molecule has 122 valence electrons. The molecule has 0 radical (unpaired) electrons. The van der Waals surface area contributed by atoms with E-state index in [1.807, 2.05) is 54.8 Å². The van der Waals surface area contributed by atoms with Gasteiger partial charge in [-0.25, -0.2) is 5.84 Å². The van der Waals surface area contributed by atoms with Crippen molar-refractivity contribution >= 4 is 17.9 Å². The molecule has 24 heavy (non-hydrogen) atoms.